The van der Waals surface area contributed by atoms with Crippen LogP contribution >= 0.6 is 0 Å². The van der Waals surface area contributed by atoms with Crippen LogP contribution in [0.5, 0.6) is 11.5 Å². The van der Waals surface area contributed by atoms with Gasteiger partial charge in [0, 0.05) is 11.6 Å². The van der Waals surface area contributed by atoms with Crippen molar-refractivity contribution in [3.63, 3.8) is 0 Å². The van der Waals surface area contributed by atoms with Crippen LogP contribution in [-0.2, 0) is 0 Å². The normalized spacial score (nSPS) is 10.1. The molecular formula is C11H10NO2. The lowest BCUT2D eigenvalue weighted by atomic mass is 10.1. The minimum absolute atomic E-state index is 0.698. The molecule has 0 aliphatic carbocycles. The van der Waals surface area contributed by atoms with Crippen LogP contribution in [-0.4, -0.2) is 19.2 Å². The zero-order chi connectivity index (χ0) is 9.97. The van der Waals surface area contributed by atoms with Crippen molar-refractivity contribution in [1.82, 2.24) is 4.98 Å². The fourth-order valence-electron chi connectivity index (χ4n) is 1.35. The van der Waals surface area contributed by atoms with E-state index in [1.165, 1.54) is 0 Å². The fourth-order valence-corrected chi connectivity index (χ4v) is 1.35. The second kappa shape index (κ2) is 3.54. The number of pyridine rings is 1. The number of aromatic nitrogens is 1. The molecule has 0 atom stereocenters. The molecular weight excluding hydrogens is 178 g/mol. The topological polar surface area (TPSA) is 31.4 Å². The molecule has 3 heteroatoms. The van der Waals surface area contributed by atoms with Gasteiger partial charge >= 0.3 is 0 Å². The monoisotopic (exact) mass is 188 g/mol. The van der Waals surface area contributed by atoms with Crippen LogP contribution in [0.2, 0.25) is 0 Å². The van der Waals surface area contributed by atoms with Crippen molar-refractivity contribution in [1.29, 1.82) is 0 Å². The van der Waals surface area contributed by atoms with E-state index in [-0.39, 0.29) is 0 Å². The van der Waals surface area contributed by atoms with Gasteiger partial charge in [0.05, 0.1) is 20.4 Å². The van der Waals surface area contributed by atoms with Crippen molar-refractivity contribution in [3.05, 3.63) is 30.6 Å². The van der Waals surface area contributed by atoms with E-state index in [2.05, 4.69) is 11.2 Å². The Morgan fingerprint density at radius 1 is 1.14 bits per heavy atom. The van der Waals surface area contributed by atoms with E-state index < -0.39 is 0 Å². The molecule has 0 aliphatic heterocycles. The smallest absolute Gasteiger partial charge is 0.161 e. The molecule has 3 nitrogen and oxygen atoms in total. The Kier molecular flexibility index (Phi) is 2.23. The van der Waals surface area contributed by atoms with Gasteiger partial charge in [-0.05, 0) is 23.6 Å². The predicted molar refractivity (Wildman–Crippen MR) is 53.7 cm³/mol. The van der Waals surface area contributed by atoms with E-state index in [1.807, 2.05) is 18.2 Å². The van der Waals surface area contributed by atoms with E-state index in [1.54, 1.807) is 20.4 Å². The van der Waals surface area contributed by atoms with Crippen molar-refractivity contribution in [2.45, 2.75) is 0 Å². The molecule has 0 unspecified atom stereocenters. The number of methoxy groups -OCH3 is 2. The summed E-state index contributed by atoms with van der Waals surface area (Å²) < 4.78 is 10.4. The SMILES string of the molecule is COc1cc2[c]nccc2cc1OC. The number of fused-ring (bicyclic) bond motifs is 1. The zero-order valence-corrected chi connectivity index (χ0v) is 8.07. The summed E-state index contributed by atoms with van der Waals surface area (Å²) in [4.78, 5) is 3.92. The van der Waals surface area contributed by atoms with Gasteiger partial charge in [0.1, 0.15) is 0 Å². The third-order valence-corrected chi connectivity index (χ3v) is 2.07. The second-order valence-corrected chi connectivity index (χ2v) is 2.85. The molecule has 2 rings (SSSR count). The average molecular weight is 188 g/mol. The van der Waals surface area contributed by atoms with Gasteiger partial charge < -0.3 is 9.47 Å². The second-order valence-electron chi connectivity index (χ2n) is 2.85. The molecule has 0 N–H and O–H groups in total. The highest BCUT2D eigenvalue weighted by Gasteiger charge is 2.04. The summed E-state index contributed by atoms with van der Waals surface area (Å²) in [7, 11) is 3.23. The number of nitrogens with zero attached hydrogens (tertiary/aromatic N) is 1. The zero-order valence-electron chi connectivity index (χ0n) is 8.07. The Bertz CT molecular complexity index is 411. The van der Waals surface area contributed by atoms with E-state index in [4.69, 9.17) is 9.47 Å². The molecule has 0 amide bonds. The van der Waals surface area contributed by atoms with Crippen LogP contribution in [0.1, 0.15) is 0 Å². The first kappa shape index (κ1) is 8.81. The molecule has 0 saturated heterocycles. The van der Waals surface area contributed by atoms with Gasteiger partial charge in [-0.1, -0.05) is 0 Å². The lowest BCUT2D eigenvalue weighted by Crippen LogP contribution is -1.90. The molecule has 0 aliphatic rings. The molecule has 71 valence electrons. The standard InChI is InChI=1S/C11H10NO2/c1-13-10-5-8-3-4-12-7-9(8)6-11(10)14-2/h3-6H,1-2H3. The van der Waals surface area contributed by atoms with Gasteiger partial charge in [0.15, 0.2) is 11.5 Å². The molecule has 2 aromatic rings. The number of ether oxygens (including phenoxy) is 2. The Morgan fingerprint density at radius 3 is 2.57 bits per heavy atom. The summed E-state index contributed by atoms with van der Waals surface area (Å²) in [5.74, 6) is 1.42. The van der Waals surface area contributed by atoms with Crippen LogP contribution in [0.25, 0.3) is 10.8 Å². The first-order valence-electron chi connectivity index (χ1n) is 4.23. The first-order valence-corrected chi connectivity index (χ1v) is 4.23. The van der Waals surface area contributed by atoms with Gasteiger partial charge in [-0.3, -0.25) is 4.98 Å². The number of benzene rings is 1. The summed E-state index contributed by atoms with van der Waals surface area (Å²) in [5.41, 5.74) is 0. The molecule has 1 aromatic heterocycles. The third kappa shape index (κ3) is 1.37. The maximum Gasteiger partial charge on any atom is 0.161 e. The molecule has 14 heavy (non-hydrogen) atoms. The number of hydrogen-bond donors (Lipinski definition) is 0. The van der Waals surface area contributed by atoms with Gasteiger partial charge in [0.2, 0.25) is 0 Å². The highest BCUT2D eigenvalue weighted by Crippen LogP contribution is 2.31. The minimum atomic E-state index is 0.698. The lowest BCUT2D eigenvalue weighted by Gasteiger charge is -2.08. The number of rotatable bonds is 2. The fraction of sp³-hybridized carbons (Fsp3) is 0.182. The Balaban J connectivity index is 2.69. The molecule has 0 saturated carbocycles. The van der Waals surface area contributed by atoms with Gasteiger partial charge in [0.25, 0.3) is 0 Å². The first-order chi connectivity index (χ1) is 6.85. The van der Waals surface area contributed by atoms with Crippen molar-refractivity contribution in [3.8, 4) is 11.5 Å². The number of hydrogen-bond acceptors (Lipinski definition) is 3. The quantitative estimate of drug-likeness (QED) is 0.722. The highest BCUT2D eigenvalue weighted by molar-refractivity contribution is 5.84. The maximum atomic E-state index is 5.19. The molecule has 0 fully saturated rings. The lowest BCUT2D eigenvalue weighted by molar-refractivity contribution is 0.356. The van der Waals surface area contributed by atoms with E-state index in [0.29, 0.717) is 5.75 Å². The Labute approximate surface area is 82.3 Å². The minimum Gasteiger partial charge on any atom is -0.493 e. The predicted octanol–water partition coefficient (Wildman–Crippen LogP) is 2.05. The molecule has 0 bridgehead atoms. The van der Waals surface area contributed by atoms with Gasteiger partial charge in [-0.25, -0.2) is 0 Å². The molecule has 1 heterocycles. The molecule has 1 aromatic carbocycles. The van der Waals surface area contributed by atoms with Crippen LogP contribution in [0.4, 0.5) is 0 Å². The van der Waals surface area contributed by atoms with E-state index in [0.717, 1.165) is 16.5 Å². The third-order valence-electron chi connectivity index (χ3n) is 2.07. The Hall–Kier alpha value is -1.77. The van der Waals surface area contributed by atoms with Gasteiger partial charge in [-0.2, -0.15) is 0 Å². The van der Waals surface area contributed by atoms with E-state index >= 15 is 0 Å². The molecule has 1 radical (unpaired) electrons. The van der Waals surface area contributed by atoms with Crippen LogP contribution in [0.3, 0.4) is 0 Å². The summed E-state index contributed by atoms with van der Waals surface area (Å²) in [6, 6.07) is 5.68. The molecule has 0 spiro atoms. The summed E-state index contributed by atoms with van der Waals surface area (Å²) in [6.07, 6.45) is 4.59. The highest BCUT2D eigenvalue weighted by atomic mass is 16.5. The maximum absolute atomic E-state index is 5.19. The van der Waals surface area contributed by atoms with Crippen molar-refractivity contribution in [2.24, 2.45) is 0 Å². The van der Waals surface area contributed by atoms with Crippen LogP contribution in [0, 0.1) is 6.20 Å². The van der Waals surface area contributed by atoms with Crippen molar-refractivity contribution >= 4 is 10.8 Å². The van der Waals surface area contributed by atoms with Gasteiger partial charge in [-0.15, -0.1) is 0 Å². The largest absolute Gasteiger partial charge is 0.493 e. The Morgan fingerprint density at radius 2 is 1.86 bits per heavy atom. The summed E-state index contributed by atoms with van der Waals surface area (Å²) >= 11 is 0. The average Bonchev–Trinajstić information content (AvgIpc) is 2.27. The summed E-state index contributed by atoms with van der Waals surface area (Å²) in [6.45, 7) is 0. The van der Waals surface area contributed by atoms with Crippen LogP contribution in [0.15, 0.2) is 24.4 Å². The van der Waals surface area contributed by atoms with Crippen molar-refractivity contribution in [2.75, 3.05) is 14.2 Å². The van der Waals surface area contributed by atoms with Crippen molar-refractivity contribution < 1.29 is 9.47 Å². The van der Waals surface area contributed by atoms with E-state index in [9.17, 15) is 0 Å². The van der Waals surface area contributed by atoms with Crippen LogP contribution < -0.4 is 9.47 Å². The summed E-state index contributed by atoms with van der Waals surface area (Å²) in [5, 5.41) is 1.96.